The van der Waals surface area contributed by atoms with E-state index < -0.39 is 0 Å². The number of benzene rings is 2. The number of rotatable bonds is 9. The van der Waals surface area contributed by atoms with Gasteiger partial charge in [-0.3, -0.25) is 14.5 Å². The van der Waals surface area contributed by atoms with E-state index >= 15 is 0 Å². The Kier molecular flexibility index (Phi) is 8.18. The fourth-order valence-electron chi connectivity index (χ4n) is 3.43. The summed E-state index contributed by atoms with van der Waals surface area (Å²) in [5, 5.41) is 14.5. The molecule has 2 amide bonds. The summed E-state index contributed by atoms with van der Waals surface area (Å²) in [5.74, 6) is 0.168. The van der Waals surface area contributed by atoms with Crippen molar-refractivity contribution in [3.63, 3.8) is 0 Å². The molecule has 0 atom stereocenters. The van der Waals surface area contributed by atoms with Gasteiger partial charge in [0.05, 0.1) is 13.2 Å². The second kappa shape index (κ2) is 11.7. The molecule has 2 N–H and O–H groups in total. The van der Waals surface area contributed by atoms with Crippen LogP contribution in [0.1, 0.15) is 30.7 Å². The monoisotopic (exact) mass is 481 g/mol. The van der Waals surface area contributed by atoms with Gasteiger partial charge in [0.2, 0.25) is 5.01 Å². The van der Waals surface area contributed by atoms with E-state index in [1.165, 1.54) is 11.3 Å². The first-order valence-corrected chi connectivity index (χ1v) is 11.9. The average Bonchev–Trinajstić information content (AvgIpc) is 3.33. The van der Waals surface area contributed by atoms with Gasteiger partial charge in [0, 0.05) is 37.4 Å². The van der Waals surface area contributed by atoms with E-state index in [1.54, 1.807) is 24.3 Å². The molecule has 178 valence electrons. The number of hydrogen-bond donors (Lipinski definition) is 2. The zero-order chi connectivity index (χ0) is 23.8. The second-order valence-electron chi connectivity index (χ2n) is 7.85. The summed E-state index contributed by atoms with van der Waals surface area (Å²) >= 11 is 1.17. The van der Waals surface area contributed by atoms with Crippen LogP contribution in [0.15, 0.2) is 48.5 Å². The van der Waals surface area contributed by atoms with Crippen LogP contribution in [-0.2, 0) is 11.3 Å². The molecular weight excluding hydrogens is 454 g/mol. The second-order valence-corrected chi connectivity index (χ2v) is 8.91. The van der Waals surface area contributed by atoms with Gasteiger partial charge in [-0.05, 0) is 42.8 Å². The first-order chi connectivity index (χ1) is 16.6. The minimum atomic E-state index is -0.385. The van der Waals surface area contributed by atoms with Crippen molar-refractivity contribution in [1.82, 2.24) is 20.4 Å². The number of anilines is 1. The smallest absolute Gasteiger partial charge is 0.286 e. The Morgan fingerprint density at radius 3 is 2.74 bits per heavy atom. The molecule has 2 heterocycles. The number of carbonyl (C=O) groups is 2. The zero-order valence-corrected chi connectivity index (χ0v) is 19.8. The van der Waals surface area contributed by atoms with Crippen LogP contribution in [0.25, 0.3) is 0 Å². The Hall–Kier alpha value is -3.34. The molecule has 0 radical (unpaired) electrons. The Bertz CT molecular complexity index is 1130. The number of carbonyl (C=O) groups excluding carboxylic acids is 2. The molecule has 0 spiro atoms. The Morgan fingerprint density at radius 1 is 1.09 bits per heavy atom. The molecule has 9 nitrogen and oxygen atoms in total. The van der Waals surface area contributed by atoms with Gasteiger partial charge in [0.15, 0.2) is 5.01 Å². The fraction of sp³-hybridized carbons (Fsp3) is 0.333. The lowest BCUT2D eigenvalue weighted by molar-refractivity contribution is 0.0383. The molecule has 2 aromatic carbocycles. The third-order valence-electron chi connectivity index (χ3n) is 5.21. The van der Waals surface area contributed by atoms with Crippen LogP contribution in [-0.4, -0.2) is 66.3 Å². The molecule has 1 aliphatic rings. The molecule has 10 heteroatoms. The van der Waals surface area contributed by atoms with Crippen LogP contribution in [0.4, 0.5) is 5.69 Å². The number of nitrogens with one attached hydrogen (secondary N) is 2. The standard InChI is InChI=1S/C24H27N5O4S/c1-17-4-2-7-20(14-17)33-16-21-27-28-24(34-21)23(31)26-19-6-3-5-18(15-19)22(30)25-8-9-29-10-12-32-13-11-29/h2-7,14-15H,8-13,16H2,1H3,(H,25,30)(H,26,31). The van der Waals surface area contributed by atoms with Crippen LogP contribution in [0.5, 0.6) is 5.75 Å². The molecule has 34 heavy (non-hydrogen) atoms. The summed E-state index contributed by atoms with van der Waals surface area (Å²) in [6, 6.07) is 14.5. The number of ether oxygens (including phenoxy) is 2. The molecule has 1 fully saturated rings. The molecule has 0 aliphatic carbocycles. The average molecular weight is 482 g/mol. The highest BCUT2D eigenvalue weighted by Crippen LogP contribution is 2.18. The van der Waals surface area contributed by atoms with Crippen molar-refractivity contribution in [2.45, 2.75) is 13.5 Å². The molecule has 0 unspecified atom stereocenters. The first kappa shape index (κ1) is 23.8. The van der Waals surface area contributed by atoms with Crippen molar-refractivity contribution in [3.05, 3.63) is 69.7 Å². The summed E-state index contributed by atoms with van der Waals surface area (Å²) < 4.78 is 11.1. The molecule has 0 bridgehead atoms. The van der Waals surface area contributed by atoms with Crippen molar-refractivity contribution in [2.24, 2.45) is 0 Å². The van der Waals surface area contributed by atoms with Crippen LogP contribution < -0.4 is 15.4 Å². The van der Waals surface area contributed by atoms with Gasteiger partial charge in [-0.25, -0.2) is 0 Å². The minimum absolute atomic E-state index is 0.184. The molecule has 0 saturated carbocycles. The maximum absolute atomic E-state index is 12.6. The summed E-state index contributed by atoms with van der Waals surface area (Å²) in [4.78, 5) is 27.4. The van der Waals surface area contributed by atoms with Crippen molar-refractivity contribution in [3.8, 4) is 5.75 Å². The third kappa shape index (κ3) is 6.83. The van der Waals surface area contributed by atoms with Gasteiger partial charge in [-0.2, -0.15) is 0 Å². The van der Waals surface area contributed by atoms with Gasteiger partial charge < -0.3 is 20.1 Å². The number of morpholine rings is 1. The van der Waals surface area contributed by atoms with Crippen molar-refractivity contribution in [2.75, 3.05) is 44.7 Å². The van der Waals surface area contributed by atoms with E-state index in [9.17, 15) is 9.59 Å². The quantitative estimate of drug-likeness (QED) is 0.484. The predicted octanol–water partition coefficient (Wildman–Crippen LogP) is 2.74. The molecule has 3 aromatic rings. The van der Waals surface area contributed by atoms with E-state index in [2.05, 4.69) is 25.7 Å². The molecule has 1 aliphatic heterocycles. The zero-order valence-electron chi connectivity index (χ0n) is 19.0. The first-order valence-electron chi connectivity index (χ1n) is 11.1. The van der Waals surface area contributed by atoms with Crippen molar-refractivity contribution in [1.29, 1.82) is 0 Å². The van der Waals surface area contributed by atoms with E-state index in [0.717, 1.165) is 44.2 Å². The third-order valence-corrected chi connectivity index (χ3v) is 6.11. The lowest BCUT2D eigenvalue weighted by Gasteiger charge is -2.26. The number of amides is 2. The maximum Gasteiger partial charge on any atom is 0.286 e. The number of nitrogens with zero attached hydrogens (tertiary/aromatic N) is 3. The fourth-order valence-corrected chi connectivity index (χ4v) is 4.08. The highest BCUT2D eigenvalue weighted by atomic mass is 32.1. The normalized spacial score (nSPS) is 13.9. The van der Waals surface area contributed by atoms with E-state index in [-0.39, 0.29) is 23.4 Å². The van der Waals surface area contributed by atoms with Gasteiger partial charge in [0.1, 0.15) is 12.4 Å². The van der Waals surface area contributed by atoms with Crippen molar-refractivity contribution < 1.29 is 19.1 Å². The van der Waals surface area contributed by atoms with Crippen LogP contribution in [0, 0.1) is 6.92 Å². The van der Waals surface area contributed by atoms with E-state index in [4.69, 9.17) is 9.47 Å². The van der Waals surface area contributed by atoms with Gasteiger partial charge >= 0.3 is 0 Å². The van der Waals surface area contributed by atoms with Gasteiger partial charge in [-0.1, -0.05) is 29.5 Å². The van der Waals surface area contributed by atoms with Crippen LogP contribution in [0.2, 0.25) is 0 Å². The summed E-state index contributed by atoms with van der Waals surface area (Å²) in [6.45, 7) is 6.76. The maximum atomic E-state index is 12.6. The molecular formula is C24H27N5O4S. The SMILES string of the molecule is Cc1cccc(OCc2nnc(C(=O)Nc3cccc(C(=O)NCCN4CCOCC4)c3)s2)c1. The van der Waals surface area contributed by atoms with Gasteiger partial charge in [0.25, 0.3) is 11.8 Å². The highest BCUT2D eigenvalue weighted by Gasteiger charge is 2.15. The largest absolute Gasteiger partial charge is 0.486 e. The molecule has 4 rings (SSSR count). The van der Waals surface area contributed by atoms with Gasteiger partial charge in [-0.15, -0.1) is 10.2 Å². The van der Waals surface area contributed by atoms with E-state index in [1.807, 2.05) is 31.2 Å². The highest BCUT2D eigenvalue weighted by molar-refractivity contribution is 7.13. The Labute approximate surface area is 202 Å². The minimum Gasteiger partial charge on any atom is -0.486 e. The number of aromatic nitrogens is 2. The lowest BCUT2D eigenvalue weighted by Crippen LogP contribution is -2.41. The van der Waals surface area contributed by atoms with E-state index in [0.29, 0.717) is 22.8 Å². The predicted molar refractivity (Wildman–Crippen MR) is 129 cm³/mol. The van der Waals surface area contributed by atoms with Crippen LogP contribution >= 0.6 is 11.3 Å². The molecule has 1 saturated heterocycles. The number of aryl methyl sites for hydroxylation is 1. The number of hydrogen-bond acceptors (Lipinski definition) is 8. The van der Waals surface area contributed by atoms with Crippen molar-refractivity contribution >= 4 is 28.8 Å². The molecule has 1 aromatic heterocycles. The summed E-state index contributed by atoms with van der Waals surface area (Å²) in [6.07, 6.45) is 0. The Balaban J connectivity index is 1.27. The summed E-state index contributed by atoms with van der Waals surface area (Å²) in [7, 11) is 0. The summed E-state index contributed by atoms with van der Waals surface area (Å²) in [5.41, 5.74) is 2.09. The lowest BCUT2D eigenvalue weighted by atomic mass is 10.2. The Morgan fingerprint density at radius 2 is 1.91 bits per heavy atom. The van der Waals surface area contributed by atoms with Crippen LogP contribution in [0.3, 0.4) is 0 Å². The topological polar surface area (TPSA) is 106 Å².